The van der Waals surface area contributed by atoms with Gasteiger partial charge in [-0.3, -0.25) is 9.69 Å². The molecule has 2 aliphatic carbocycles. The van der Waals surface area contributed by atoms with Gasteiger partial charge in [0, 0.05) is 37.2 Å². The Morgan fingerprint density at radius 2 is 2.15 bits per heavy atom. The average molecular weight is 275 g/mol. The van der Waals surface area contributed by atoms with Gasteiger partial charge in [-0.05, 0) is 31.6 Å². The second-order valence-electron chi connectivity index (χ2n) is 6.63. The molecule has 5 nitrogen and oxygen atoms in total. The normalized spacial score (nSPS) is 30.6. The Bertz CT molecular complexity index is 519. The van der Waals surface area contributed by atoms with Gasteiger partial charge >= 0.3 is 0 Å². The number of carbonyl (C=O) groups is 1. The highest BCUT2D eigenvalue weighted by molar-refractivity contribution is 5.92. The fourth-order valence-electron chi connectivity index (χ4n) is 3.13. The van der Waals surface area contributed by atoms with Gasteiger partial charge in [-0.2, -0.15) is 0 Å². The molecule has 2 heterocycles. The zero-order chi connectivity index (χ0) is 13.7. The maximum atomic E-state index is 12.2. The summed E-state index contributed by atoms with van der Waals surface area (Å²) >= 11 is 0. The summed E-state index contributed by atoms with van der Waals surface area (Å²) in [7, 11) is 0. The van der Waals surface area contributed by atoms with Crippen molar-refractivity contribution in [2.45, 2.75) is 50.6 Å². The van der Waals surface area contributed by atoms with Crippen LogP contribution in [-0.2, 0) is 0 Å². The molecule has 0 spiro atoms. The van der Waals surface area contributed by atoms with Crippen molar-refractivity contribution < 1.29 is 9.32 Å². The van der Waals surface area contributed by atoms with E-state index in [4.69, 9.17) is 4.52 Å². The number of hydrogen-bond acceptors (Lipinski definition) is 4. The quantitative estimate of drug-likeness (QED) is 0.909. The molecule has 2 saturated carbocycles. The van der Waals surface area contributed by atoms with E-state index >= 15 is 0 Å². The number of nitrogens with one attached hydrogen (secondary N) is 1. The Hall–Kier alpha value is -1.36. The Labute approximate surface area is 118 Å². The third-order valence-corrected chi connectivity index (χ3v) is 4.76. The molecule has 108 valence electrons. The molecule has 0 aromatic carbocycles. The first-order valence-electron chi connectivity index (χ1n) is 7.72. The minimum atomic E-state index is -0.0878. The third-order valence-electron chi connectivity index (χ3n) is 4.76. The number of aromatic nitrogens is 1. The number of hydrogen-bond donors (Lipinski definition) is 1. The van der Waals surface area contributed by atoms with E-state index in [1.807, 2.05) is 6.07 Å². The average Bonchev–Trinajstić information content (AvgIpc) is 3.36. The maximum absolute atomic E-state index is 12.2. The Morgan fingerprint density at radius 3 is 2.85 bits per heavy atom. The molecule has 1 N–H and O–H groups in total. The van der Waals surface area contributed by atoms with Gasteiger partial charge in [0.15, 0.2) is 5.69 Å². The zero-order valence-electron chi connectivity index (χ0n) is 11.8. The van der Waals surface area contributed by atoms with Crippen LogP contribution in [0.1, 0.15) is 54.8 Å². The molecule has 2 atom stereocenters. The Morgan fingerprint density at radius 1 is 1.35 bits per heavy atom. The lowest BCUT2D eigenvalue weighted by molar-refractivity contribution is 0.0922. The summed E-state index contributed by atoms with van der Waals surface area (Å²) in [5.41, 5.74) is 0.434. The molecule has 3 fully saturated rings. The first-order chi connectivity index (χ1) is 9.70. The molecule has 1 aromatic rings. The minimum absolute atomic E-state index is 0.0878. The van der Waals surface area contributed by atoms with Crippen LogP contribution in [0.3, 0.4) is 0 Å². The van der Waals surface area contributed by atoms with Crippen molar-refractivity contribution in [1.82, 2.24) is 15.4 Å². The molecule has 0 bridgehead atoms. The van der Waals surface area contributed by atoms with Crippen LogP contribution in [-0.4, -0.2) is 41.1 Å². The van der Waals surface area contributed by atoms with E-state index in [-0.39, 0.29) is 11.9 Å². The van der Waals surface area contributed by atoms with Gasteiger partial charge in [-0.25, -0.2) is 0 Å². The molecular formula is C15H21N3O2. The van der Waals surface area contributed by atoms with Gasteiger partial charge < -0.3 is 9.84 Å². The van der Waals surface area contributed by atoms with Crippen molar-refractivity contribution in [2.24, 2.45) is 5.92 Å². The van der Waals surface area contributed by atoms with E-state index in [1.165, 1.54) is 12.8 Å². The van der Waals surface area contributed by atoms with Crippen LogP contribution in [0.2, 0.25) is 0 Å². The molecule has 1 aromatic heterocycles. The second kappa shape index (κ2) is 4.58. The number of likely N-dealkylation sites (tertiary alicyclic amines) is 1. The van der Waals surface area contributed by atoms with Crippen molar-refractivity contribution in [1.29, 1.82) is 0 Å². The lowest BCUT2D eigenvalue weighted by Crippen LogP contribution is -2.40. The monoisotopic (exact) mass is 275 g/mol. The van der Waals surface area contributed by atoms with Crippen LogP contribution in [0.15, 0.2) is 10.6 Å². The summed E-state index contributed by atoms with van der Waals surface area (Å²) in [6.07, 6.45) is 4.96. The van der Waals surface area contributed by atoms with E-state index in [1.54, 1.807) is 0 Å². The smallest absolute Gasteiger partial charge is 0.273 e. The summed E-state index contributed by atoms with van der Waals surface area (Å²) < 4.78 is 5.25. The lowest BCUT2D eigenvalue weighted by atomic mass is 10.1. The molecule has 0 unspecified atom stereocenters. The highest BCUT2D eigenvalue weighted by atomic mass is 16.5. The largest absolute Gasteiger partial charge is 0.360 e. The highest BCUT2D eigenvalue weighted by Crippen LogP contribution is 2.40. The number of carbonyl (C=O) groups excluding carboxylic acids is 1. The van der Waals surface area contributed by atoms with Crippen LogP contribution in [0.5, 0.6) is 0 Å². The second-order valence-corrected chi connectivity index (χ2v) is 6.63. The van der Waals surface area contributed by atoms with Gasteiger partial charge in [0.2, 0.25) is 0 Å². The first kappa shape index (κ1) is 12.4. The van der Waals surface area contributed by atoms with E-state index in [2.05, 4.69) is 22.3 Å². The molecule has 20 heavy (non-hydrogen) atoms. The highest BCUT2D eigenvalue weighted by Gasteiger charge is 2.39. The number of rotatable bonds is 4. The topological polar surface area (TPSA) is 58.4 Å². The van der Waals surface area contributed by atoms with Crippen molar-refractivity contribution in [2.75, 3.05) is 13.1 Å². The fraction of sp³-hybridized carbons (Fsp3) is 0.733. The zero-order valence-corrected chi connectivity index (χ0v) is 11.8. The van der Waals surface area contributed by atoms with Crippen LogP contribution in [0.4, 0.5) is 0 Å². The van der Waals surface area contributed by atoms with E-state index in [0.717, 1.165) is 37.7 Å². The van der Waals surface area contributed by atoms with Gasteiger partial charge in [-0.1, -0.05) is 12.1 Å². The summed E-state index contributed by atoms with van der Waals surface area (Å²) in [5, 5.41) is 7.04. The van der Waals surface area contributed by atoms with Crippen molar-refractivity contribution >= 4 is 5.91 Å². The molecule has 5 heteroatoms. The minimum Gasteiger partial charge on any atom is -0.360 e. The maximum Gasteiger partial charge on any atom is 0.273 e. The SMILES string of the molecule is C[C@@H]1CN(C2CC2)C[C@H]1NC(=O)c1cc(C2CC2)on1. The first-order valence-corrected chi connectivity index (χ1v) is 7.72. The third kappa shape index (κ3) is 2.35. The van der Waals surface area contributed by atoms with Crippen LogP contribution in [0.25, 0.3) is 0 Å². The van der Waals surface area contributed by atoms with E-state index in [9.17, 15) is 4.79 Å². The molecule has 1 amide bonds. The summed E-state index contributed by atoms with van der Waals surface area (Å²) in [6, 6.07) is 2.82. The van der Waals surface area contributed by atoms with Crippen molar-refractivity contribution in [3.63, 3.8) is 0 Å². The number of amides is 1. The standard InChI is InChI=1S/C15H21N3O2/c1-9-7-18(11-4-5-11)8-13(9)16-15(19)12-6-14(20-17-12)10-2-3-10/h6,9-11,13H,2-5,7-8H2,1H3,(H,16,19)/t9-,13-/m1/s1. The molecule has 4 rings (SSSR count). The lowest BCUT2D eigenvalue weighted by Gasteiger charge is -2.16. The Balaban J connectivity index is 1.38. The molecular weight excluding hydrogens is 254 g/mol. The van der Waals surface area contributed by atoms with Gasteiger partial charge in [0.05, 0.1) is 0 Å². The van der Waals surface area contributed by atoms with E-state index in [0.29, 0.717) is 17.5 Å². The van der Waals surface area contributed by atoms with Gasteiger partial charge in [0.25, 0.3) is 5.91 Å². The molecule has 0 radical (unpaired) electrons. The van der Waals surface area contributed by atoms with Crippen molar-refractivity contribution in [3.05, 3.63) is 17.5 Å². The Kier molecular flexibility index (Phi) is 2.84. The molecule has 1 saturated heterocycles. The predicted molar refractivity (Wildman–Crippen MR) is 73.5 cm³/mol. The summed E-state index contributed by atoms with van der Waals surface area (Å²) in [4.78, 5) is 14.8. The van der Waals surface area contributed by atoms with Gasteiger partial charge in [-0.15, -0.1) is 0 Å². The predicted octanol–water partition coefficient (Wildman–Crippen LogP) is 1.76. The van der Waals surface area contributed by atoms with Crippen LogP contribution >= 0.6 is 0 Å². The number of nitrogens with zero attached hydrogens (tertiary/aromatic N) is 2. The van der Waals surface area contributed by atoms with Crippen molar-refractivity contribution in [3.8, 4) is 0 Å². The summed E-state index contributed by atoms with van der Waals surface area (Å²) in [6.45, 7) is 4.29. The fourth-order valence-corrected chi connectivity index (χ4v) is 3.13. The van der Waals surface area contributed by atoms with Gasteiger partial charge in [0.1, 0.15) is 5.76 Å². The van der Waals surface area contributed by atoms with Crippen LogP contribution in [0, 0.1) is 5.92 Å². The summed E-state index contributed by atoms with van der Waals surface area (Å²) in [5.74, 6) is 1.79. The molecule has 3 aliphatic rings. The van der Waals surface area contributed by atoms with E-state index < -0.39 is 0 Å². The van der Waals surface area contributed by atoms with Crippen LogP contribution < -0.4 is 5.32 Å². The molecule has 1 aliphatic heterocycles.